The summed E-state index contributed by atoms with van der Waals surface area (Å²) in [5, 5.41) is 4.10. The van der Waals surface area contributed by atoms with Gasteiger partial charge in [0.25, 0.3) is 0 Å². The summed E-state index contributed by atoms with van der Waals surface area (Å²) in [7, 11) is 0. The summed E-state index contributed by atoms with van der Waals surface area (Å²) in [5.74, 6) is 0.0931. The van der Waals surface area contributed by atoms with Gasteiger partial charge in [-0.3, -0.25) is 9.48 Å². The van der Waals surface area contributed by atoms with E-state index >= 15 is 0 Å². The highest BCUT2D eigenvalue weighted by Gasteiger charge is 2.08. The first-order valence-electron chi connectivity index (χ1n) is 5.25. The van der Waals surface area contributed by atoms with Gasteiger partial charge in [0.2, 0.25) is 0 Å². The minimum atomic E-state index is 0.0931. The Morgan fingerprint density at radius 2 is 2.12 bits per heavy atom. The van der Waals surface area contributed by atoms with E-state index in [1.807, 2.05) is 44.2 Å². The van der Waals surface area contributed by atoms with Gasteiger partial charge in [-0.2, -0.15) is 5.10 Å². The fourth-order valence-electron chi connectivity index (χ4n) is 1.61. The molecule has 3 heteroatoms. The van der Waals surface area contributed by atoms with Crippen molar-refractivity contribution in [1.29, 1.82) is 0 Å². The standard InChI is InChI=1S/C13H14N2O/c1-10-4-3-5-12(8-10)13(16)9-15-11(2)6-7-14-15/h3-8H,9H2,1-2H3. The van der Waals surface area contributed by atoms with Gasteiger partial charge in [-0.1, -0.05) is 23.8 Å². The fourth-order valence-corrected chi connectivity index (χ4v) is 1.61. The first kappa shape index (κ1) is 10.6. The monoisotopic (exact) mass is 214 g/mol. The Kier molecular flexibility index (Phi) is 2.86. The molecular weight excluding hydrogens is 200 g/mol. The molecule has 3 nitrogen and oxygen atoms in total. The van der Waals surface area contributed by atoms with E-state index in [0.717, 1.165) is 16.8 Å². The Balaban J connectivity index is 2.18. The number of aryl methyl sites for hydroxylation is 2. The molecule has 0 radical (unpaired) electrons. The second-order valence-electron chi connectivity index (χ2n) is 3.92. The molecule has 0 spiro atoms. The fraction of sp³-hybridized carbons (Fsp3) is 0.231. The minimum absolute atomic E-state index is 0.0931. The third-order valence-electron chi connectivity index (χ3n) is 2.56. The van der Waals surface area contributed by atoms with E-state index in [0.29, 0.717) is 6.54 Å². The van der Waals surface area contributed by atoms with Crippen LogP contribution in [0.4, 0.5) is 0 Å². The molecule has 2 rings (SSSR count). The molecule has 0 aliphatic rings. The molecule has 0 amide bonds. The summed E-state index contributed by atoms with van der Waals surface area (Å²) in [6.07, 6.45) is 1.71. The lowest BCUT2D eigenvalue weighted by Gasteiger charge is -2.04. The molecular formula is C13H14N2O. The number of hydrogen-bond donors (Lipinski definition) is 0. The maximum atomic E-state index is 12.0. The molecule has 2 aromatic rings. The summed E-state index contributed by atoms with van der Waals surface area (Å²) in [6.45, 7) is 4.23. The van der Waals surface area contributed by atoms with E-state index < -0.39 is 0 Å². The summed E-state index contributed by atoms with van der Waals surface area (Å²) in [6, 6.07) is 9.52. The van der Waals surface area contributed by atoms with Crippen LogP contribution in [0.25, 0.3) is 0 Å². The van der Waals surface area contributed by atoms with Gasteiger partial charge < -0.3 is 0 Å². The normalized spacial score (nSPS) is 10.4. The molecule has 1 aromatic heterocycles. The van der Waals surface area contributed by atoms with Crippen molar-refractivity contribution < 1.29 is 4.79 Å². The van der Waals surface area contributed by atoms with Crippen LogP contribution >= 0.6 is 0 Å². The van der Waals surface area contributed by atoms with E-state index in [1.54, 1.807) is 10.9 Å². The molecule has 0 saturated carbocycles. The lowest BCUT2D eigenvalue weighted by Crippen LogP contribution is -2.12. The van der Waals surface area contributed by atoms with E-state index in [-0.39, 0.29) is 5.78 Å². The highest BCUT2D eigenvalue weighted by Crippen LogP contribution is 2.07. The van der Waals surface area contributed by atoms with Crippen molar-refractivity contribution in [3.63, 3.8) is 0 Å². The van der Waals surface area contributed by atoms with Gasteiger partial charge in [-0.15, -0.1) is 0 Å². The van der Waals surface area contributed by atoms with Crippen molar-refractivity contribution in [3.8, 4) is 0 Å². The summed E-state index contributed by atoms with van der Waals surface area (Å²) >= 11 is 0. The summed E-state index contributed by atoms with van der Waals surface area (Å²) < 4.78 is 1.71. The molecule has 0 fully saturated rings. The van der Waals surface area contributed by atoms with Crippen molar-refractivity contribution >= 4 is 5.78 Å². The van der Waals surface area contributed by atoms with Crippen LogP contribution in [0.3, 0.4) is 0 Å². The van der Waals surface area contributed by atoms with E-state index in [1.165, 1.54) is 0 Å². The molecule has 82 valence electrons. The van der Waals surface area contributed by atoms with Crippen LogP contribution < -0.4 is 0 Å². The van der Waals surface area contributed by atoms with Crippen LogP contribution in [-0.2, 0) is 6.54 Å². The number of hydrogen-bond acceptors (Lipinski definition) is 2. The molecule has 0 aliphatic carbocycles. The number of benzene rings is 1. The van der Waals surface area contributed by atoms with Gasteiger partial charge in [0.1, 0.15) is 6.54 Å². The Hall–Kier alpha value is -1.90. The first-order valence-corrected chi connectivity index (χ1v) is 5.25. The molecule has 16 heavy (non-hydrogen) atoms. The molecule has 1 aromatic carbocycles. The third-order valence-corrected chi connectivity index (χ3v) is 2.56. The van der Waals surface area contributed by atoms with E-state index in [2.05, 4.69) is 5.10 Å². The largest absolute Gasteiger partial charge is 0.292 e. The van der Waals surface area contributed by atoms with E-state index in [4.69, 9.17) is 0 Å². The van der Waals surface area contributed by atoms with Gasteiger partial charge in [0.15, 0.2) is 5.78 Å². The number of rotatable bonds is 3. The van der Waals surface area contributed by atoms with Crippen LogP contribution in [0, 0.1) is 13.8 Å². The quantitative estimate of drug-likeness (QED) is 0.735. The lowest BCUT2D eigenvalue weighted by molar-refractivity contribution is 0.0966. The Labute approximate surface area is 94.7 Å². The van der Waals surface area contributed by atoms with Gasteiger partial charge in [0, 0.05) is 17.5 Å². The molecule has 0 N–H and O–H groups in total. The van der Waals surface area contributed by atoms with Crippen molar-refractivity contribution in [2.24, 2.45) is 0 Å². The highest BCUT2D eigenvalue weighted by molar-refractivity contribution is 5.96. The smallest absolute Gasteiger partial charge is 0.184 e. The maximum absolute atomic E-state index is 12.0. The second kappa shape index (κ2) is 4.31. The molecule has 0 atom stereocenters. The summed E-state index contributed by atoms with van der Waals surface area (Å²) in [4.78, 5) is 12.0. The predicted molar refractivity (Wildman–Crippen MR) is 62.5 cm³/mol. The number of nitrogens with zero attached hydrogens (tertiary/aromatic N) is 2. The van der Waals surface area contributed by atoms with Crippen LogP contribution in [0.5, 0.6) is 0 Å². The van der Waals surface area contributed by atoms with E-state index in [9.17, 15) is 4.79 Å². The van der Waals surface area contributed by atoms with Crippen molar-refractivity contribution in [2.75, 3.05) is 0 Å². The second-order valence-corrected chi connectivity index (χ2v) is 3.92. The molecule has 0 saturated heterocycles. The molecule has 0 aliphatic heterocycles. The zero-order valence-electron chi connectivity index (χ0n) is 9.47. The number of carbonyl (C=O) groups is 1. The topological polar surface area (TPSA) is 34.9 Å². The molecule has 0 unspecified atom stereocenters. The SMILES string of the molecule is Cc1cccc(C(=O)Cn2nccc2C)c1. The van der Waals surface area contributed by atoms with Gasteiger partial charge >= 0.3 is 0 Å². The van der Waals surface area contributed by atoms with Crippen molar-refractivity contribution in [2.45, 2.75) is 20.4 Å². The van der Waals surface area contributed by atoms with Gasteiger partial charge in [-0.25, -0.2) is 0 Å². The van der Waals surface area contributed by atoms with Gasteiger partial charge in [-0.05, 0) is 26.0 Å². The molecule has 0 bridgehead atoms. The zero-order valence-corrected chi connectivity index (χ0v) is 9.47. The Morgan fingerprint density at radius 1 is 1.31 bits per heavy atom. The molecule has 1 heterocycles. The minimum Gasteiger partial charge on any atom is -0.292 e. The predicted octanol–water partition coefficient (Wildman–Crippen LogP) is 2.38. The Bertz CT molecular complexity index is 514. The number of Topliss-reactive ketones (excluding diaryl/α,β-unsaturated/α-hetero) is 1. The lowest BCUT2D eigenvalue weighted by atomic mass is 10.1. The number of carbonyl (C=O) groups excluding carboxylic acids is 1. The highest BCUT2D eigenvalue weighted by atomic mass is 16.1. The Morgan fingerprint density at radius 3 is 2.75 bits per heavy atom. The average molecular weight is 214 g/mol. The van der Waals surface area contributed by atoms with Crippen LogP contribution in [-0.4, -0.2) is 15.6 Å². The van der Waals surface area contributed by atoms with Crippen LogP contribution in [0.2, 0.25) is 0 Å². The third kappa shape index (κ3) is 2.19. The first-order chi connectivity index (χ1) is 7.66. The van der Waals surface area contributed by atoms with Crippen molar-refractivity contribution in [3.05, 3.63) is 53.3 Å². The maximum Gasteiger partial charge on any atom is 0.184 e. The summed E-state index contributed by atoms with van der Waals surface area (Å²) in [5.41, 5.74) is 2.85. The van der Waals surface area contributed by atoms with Gasteiger partial charge in [0.05, 0.1) is 0 Å². The number of ketones is 1. The van der Waals surface area contributed by atoms with Crippen LogP contribution in [0.1, 0.15) is 21.6 Å². The van der Waals surface area contributed by atoms with Crippen LogP contribution in [0.15, 0.2) is 36.5 Å². The zero-order chi connectivity index (χ0) is 11.5. The number of aromatic nitrogens is 2. The average Bonchev–Trinajstić information content (AvgIpc) is 2.64. The van der Waals surface area contributed by atoms with Crippen molar-refractivity contribution in [1.82, 2.24) is 9.78 Å².